The molecule has 54 valence electrons. The standard InChI is InChI=1S/C6H9N3O/c1-3-4(7)5(8)6(10)9(3)2/h1,7-8H2,2H3. The van der Waals surface area contributed by atoms with Crippen molar-refractivity contribution >= 4 is 5.91 Å². The molecule has 0 aromatic heterocycles. The fourth-order valence-corrected chi connectivity index (χ4v) is 0.755. The van der Waals surface area contributed by atoms with E-state index in [1.807, 2.05) is 0 Å². The zero-order chi connectivity index (χ0) is 7.89. The Kier molecular flexibility index (Phi) is 1.18. The molecule has 0 bridgehead atoms. The predicted molar refractivity (Wildman–Crippen MR) is 37.3 cm³/mol. The van der Waals surface area contributed by atoms with Gasteiger partial charge in [0.05, 0.1) is 11.4 Å². The summed E-state index contributed by atoms with van der Waals surface area (Å²) < 4.78 is 0. The van der Waals surface area contributed by atoms with E-state index in [1.165, 1.54) is 4.90 Å². The van der Waals surface area contributed by atoms with Gasteiger partial charge >= 0.3 is 0 Å². The van der Waals surface area contributed by atoms with Gasteiger partial charge in [-0.3, -0.25) is 4.79 Å². The Morgan fingerprint density at radius 1 is 1.40 bits per heavy atom. The van der Waals surface area contributed by atoms with E-state index in [0.29, 0.717) is 5.70 Å². The smallest absolute Gasteiger partial charge is 0.276 e. The number of hydrogen-bond donors (Lipinski definition) is 2. The molecule has 1 rings (SSSR count). The number of amides is 1. The first-order valence-electron chi connectivity index (χ1n) is 2.78. The van der Waals surface area contributed by atoms with Gasteiger partial charge in [0.1, 0.15) is 5.70 Å². The number of nitrogens with two attached hydrogens (primary N) is 2. The summed E-state index contributed by atoms with van der Waals surface area (Å²) in [4.78, 5) is 12.3. The van der Waals surface area contributed by atoms with Crippen LogP contribution in [0.25, 0.3) is 0 Å². The first-order valence-corrected chi connectivity index (χ1v) is 2.78. The van der Waals surface area contributed by atoms with Crippen molar-refractivity contribution in [3.8, 4) is 0 Å². The number of likely N-dealkylation sites (N-methyl/N-ethyl adjacent to an activating group) is 1. The number of hydrogen-bond acceptors (Lipinski definition) is 3. The van der Waals surface area contributed by atoms with Crippen molar-refractivity contribution in [1.29, 1.82) is 0 Å². The van der Waals surface area contributed by atoms with E-state index in [4.69, 9.17) is 11.5 Å². The first-order chi connectivity index (χ1) is 4.55. The molecule has 1 aliphatic rings. The van der Waals surface area contributed by atoms with Crippen molar-refractivity contribution in [1.82, 2.24) is 4.90 Å². The molecule has 1 amide bonds. The third-order valence-electron chi connectivity index (χ3n) is 1.54. The van der Waals surface area contributed by atoms with E-state index in [2.05, 4.69) is 6.58 Å². The molecule has 4 nitrogen and oxygen atoms in total. The summed E-state index contributed by atoms with van der Waals surface area (Å²) in [5.41, 5.74) is 11.5. The minimum absolute atomic E-state index is 0.0903. The predicted octanol–water partition coefficient (Wildman–Crippen LogP) is -0.899. The molecule has 1 heterocycles. The van der Waals surface area contributed by atoms with Crippen LogP contribution in [0.2, 0.25) is 0 Å². The molecule has 0 atom stereocenters. The fourth-order valence-electron chi connectivity index (χ4n) is 0.755. The summed E-state index contributed by atoms with van der Waals surface area (Å²) in [7, 11) is 1.58. The third-order valence-corrected chi connectivity index (χ3v) is 1.54. The summed E-state index contributed by atoms with van der Waals surface area (Å²) in [5, 5.41) is 0. The average molecular weight is 139 g/mol. The normalized spacial score (nSPS) is 19.1. The molecule has 0 aromatic rings. The van der Waals surface area contributed by atoms with Crippen molar-refractivity contribution in [2.45, 2.75) is 0 Å². The minimum Gasteiger partial charge on any atom is -0.395 e. The molecular formula is C6H9N3O. The Morgan fingerprint density at radius 2 is 1.90 bits per heavy atom. The lowest BCUT2D eigenvalue weighted by molar-refractivity contribution is -0.123. The van der Waals surface area contributed by atoms with Crippen molar-refractivity contribution < 1.29 is 4.79 Å². The van der Waals surface area contributed by atoms with E-state index in [0.717, 1.165) is 0 Å². The van der Waals surface area contributed by atoms with Crippen molar-refractivity contribution in [3.05, 3.63) is 23.7 Å². The van der Waals surface area contributed by atoms with E-state index in [1.54, 1.807) is 7.05 Å². The summed E-state index contributed by atoms with van der Waals surface area (Å²) in [5.74, 6) is -0.275. The lowest BCUT2D eigenvalue weighted by Gasteiger charge is -2.08. The number of carbonyl (C=O) groups excluding carboxylic acids is 1. The monoisotopic (exact) mass is 139 g/mol. The fraction of sp³-hybridized carbons (Fsp3) is 0.167. The van der Waals surface area contributed by atoms with E-state index < -0.39 is 0 Å². The third kappa shape index (κ3) is 0.586. The second kappa shape index (κ2) is 1.76. The highest BCUT2D eigenvalue weighted by Crippen LogP contribution is 2.18. The molecule has 0 aliphatic carbocycles. The van der Waals surface area contributed by atoms with Gasteiger partial charge in [0.2, 0.25) is 0 Å². The van der Waals surface area contributed by atoms with Gasteiger partial charge in [-0.05, 0) is 0 Å². The van der Waals surface area contributed by atoms with Gasteiger partial charge in [0.15, 0.2) is 0 Å². The summed E-state index contributed by atoms with van der Waals surface area (Å²) in [6.07, 6.45) is 0. The van der Waals surface area contributed by atoms with Crippen LogP contribution in [0.4, 0.5) is 0 Å². The van der Waals surface area contributed by atoms with Crippen LogP contribution in [0, 0.1) is 0 Å². The number of nitrogens with zero attached hydrogens (tertiary/aromatic N) is 1. The van der Waals surface area contributed by atoms with Gasteiger partial charge in [0.25, 0.3) is 5.91 Å². The van der Waals surface area contributed by atoms with Crippen LogP contribution in [0.1, 0.15) is 0 Å². The highest BCUT2D eigenvalue weighted by Gasteiger charge is 2.26. The van der Waals surface area contributed by atoms with Gasteiger partial charge in [-0.15, -0.1) is 0 Å². The molecule has 0 radical (unpaired) electrons. The Labute approximate surface area is 58.8 Å². The van der Waals surface area contributed by atoms with E-state index >= 15 is 0 Å². The SMILES string of the molecule is C=C1C(N)=C(N)C(=O)N1C. The zero-order valence-corrected chi connectivity index (χ0v) is 5.72. The zero-order valence-electron chi connectivity index (χ0n) is 5.72. The van der Waals surface area contributed by atoms with Crippen LogP contribution < -0.4 is 11.5 Å². The Morgan fingerprint density at radius 3 is 2.00 bits per heavy atom. The topological polar surface area (TPSA) is 72.3 Å². The molecule has 4 N–H and O–H groups in total. The molecule has 0 unspecified atom stereocenters. The van der Waals surface area contributed by atoms with Gasteiger partial charge in [-0.1, -0.05) is 6.58 Å². The first kappa shape index (κ1) is 6.67. The largest absolute Gasteiger partial charge is 0.395 e. The van der Waals surface area contributed by atoms with Crippen LogP contribution in [0.3, 0.4) is 0 Å². The summed E-state index contributed by atoms with van der Waals surface area (Å²) in [6, 6.07) is 0. The van der Waals surface area contributed by atoms with E-state index in [-0.39, 0.29) is 17.3 Å². The van der Waals surface area contributed by atoms with Crippen molar-refractivity contribution in [2.24, 2.45) is 11.5 Å². The lowest BCUT2D eigenvalue weighted by Crippen LogP contribution is -2.22. The van der Waals surface area contributed by atoms with Gasteiger partial charge in [-0.2, -0.15) is 0 Å². The van der Waals surface area contributed by atoms with Crippen LogP contribution in [0.5, 0.6) is 0 Å². The molecule has 0 spiro atoms. The van der Waals surface area contributed by atoms with E-state index in [9.17, 15) is 4.79 Å². The molecule has 10 heavy (non-hydrogen) atoms. The minimum atomic E-state index is -0.275. The van der Waals surface area contributed by atoms with Crippen LogP contribution >= 0.6 is 0 Å². The highest BCUT2D eigenvalue weighted by atomic mass is 16.2. The Bertz CT molecular complexity index is 217. The molecule has 1 aliphatic heterocycles. The maximum absolute atomic E-state index is 10.9. The summed E-state index contributed by atoms with van der Waals surface area (Å²) in [6.45, 7) is 3.56. The van der Waals surface area contributed by atoms with Gasteiger partial charge in [-0.25, -0.2) is 0 Å². The number of rotatable bonds is 0. The molecule has 0 saturated heterocycles. The lowest BCUT2D eigenvalue weighted by atomic mass is 10.3. The molecule has 0 fully saturated rings. The van der Waals surface area contributed by atoms with Crippen LogP contribution in [0.15, 0.2) is 23.7 Å². The highest BCUT2D eigenvalue weighted by molar-refractivity contribution is 5.98. The second-order valence-electron chi connectivity index (χ2n) is 2.14. The Hall–Kier alpha value is -1.45. The quantitative estimate of drug-likeness (QED) is 0.457. The molecule has 4 heteroatoms. The maximum atomic E-state index is 10.9. The second-order valence-corrected chi connectivity index (χ2v) is 2.14. The van der Waals surface area contributed by atoms with Crippen molar-refractivity contribution in [3.63, 3.8) is 0 Å². The van der Waals surface area contributed by atoms with Crippen LogP contribution in [-0.2, 0) is 4.79 Å². The average Bonchev–Trinajstić information content (AvgIpc) is 2.07. The van der Waals surface area contributed by atoms with Gasteiger partial charge in [0, 0.05) is 7.05 Å². The summed E-state index contributed by atoms with van der Waals surface area (Å²) >= 11 is 0. The Balaban J connectivity index is 3.11. The molecule has 0 aromatic carbocycles. The number of carbonyl (C=O) groups is 1. The van der Waals surface area contributed by atoms with Crippen molar-refractivity contribution in [2.75, 3.05) is 7.05 Å². The molecular weight excluding hydrogens is 130 g/mol. The van der Waals surface area contributed by atoms with Gasteiger partial charge < -0.3 is 16.4 Å². The van der Waals surface area contributed by atoms with Crippen LogP contribution in [-0.4, -0.2) is 17.9 Å². The maximum Gasteiger partial charge on any atom is 0.276 e. The molecule has 0 saturated carbocycles.